The molecule has 3 aromatic rings. The Morgan fingerprint density at radius 2 is 1.63 bits per heavy atom. The number of amides is 1. The summed E-state index contributed by atoms with van der Waals surface area (Å²) in [6.45, 7) is 5.95. The van der Waals surface area contributed by atoms with Gasteiger partial charge in [0.05, 0.1) is 16.6 Å². The molecule has 0 aromatic heterocycles. The van der Waals surface area contributed by atoms with Crippen molar-refractivity contribution < 1.29 is 13.2 Å². The minimum Gasteiger partial charge on any atom is -0.346 e. The maximum absolute atomic E-state index is 13.0. The summed E-state index contributed by atoms with van der Waals surface area (Å²) in [4.78, 5) is 12.9. The third-order valence-corrected chi connectivity index (χ3v) is 6.90. The Morgan fingerprint density at radius 1 is 0.933 bits per heavy atom. The van der Waals surface area contributed by atoms with E-state index in [0.717, 1.165) is 16.7 Å². The lowest BCUT2D eigenvalue weighted by Gasteiger charge is -2.20. The molecule has 0 aliphatic heterocycles. The zero-order valence-corrected chi connectivity index (χ0v) is 18.4. The van der Waals surface area contributed by atoms with Crippen molar-refractivity contribution in [2.45, 2.75) is 31.7 Å². The van der Waals surface area contributed by atoms with Crippen LogP contribution in [0.5, 0.6) is 0 Å². The second-order valence-electron chi connectivity index (χ2n) is 7.39. The average Bonchev–Trinajstić information content (AvgIpc) is 2.73. The van der Waals surface area contributed by atoms with E-state index in [-0.39, 0.29) is 16.8 Å². The van der Waals surface area contributed by atoms with Gasteiger partial charge in [0, 0.05) is 12.6 Å². The molecule has 1 atom stereocenters. The molecule has 1 N–H and O–H groups in total. The molecular formula is C24H26N2O3S. The molecule has 1 amide bonds. The van der Waals surface area contributed by atoms with Gasteiger partial charge in [-0.2, -0.15) is 0 Å². The molecular weight excluding hydrogens is 396 g/mol. The van der Waals surface area contributed by atoms with Gasteiger partial charge < -0.3 is 5.32 Å². The van der Waals surface area contributed by atoms with E-state index in [4.69, 9.17) is 0 Å². The lowest BCUT2D eigenvalue weighted by atomic mass is 10.00. The molecule has 0 spiro atoms. The quantitative estimate of drug-likeness (QED) is 0.630. The number of carbonyl (C=O) groups excluding carboxylic acids is 1. The smallest absolute Gasteiger partial charge is 0.264 e. The number of rotatable bonds is 6. The van der Waals surface area contributed by atoms with Gasteiger partial charge in [0.15, 0.2) is 0 Å². The van der Waals surface area contributed by atoms with Gasteiger partial charge in [-0.25, -0.2) is 8.42 Å². The Labute approximate surface area is 178 Å². The Bertz CT molecular complexity index is 1160. The van der Waals surface area contributed by atoms with Gasteiger partial charge in [-0.1, -0.05) is 48.0 Å². The highest BCUT2D eigenvalue weighted by molar-refractivity contribution is 7.92. The summed E-state index contributed by atoms with van der Waals surface area (Å²) in [5, 5.41) is 2.96. The van der Waals surface area contributed by atoms with Crippen LogP contribution in [0.4, 0.5) is 5.69 Å². The van der Waals surface area contributed by atoms with Gasteiger partial charge in [-0.15, -0.1) is 0 Å². The van der Waals surface area contributed by atoms with E-state index in [1.807, 2.05) is 39.0 Å². The lowest BCUT2D eigenvalue weighted by Crippen LogP contribution is -2.29. The molecule has 0 bridgehead atoms. The fourth-order valence-corrected chi connectivity index (χ4v) is 4.64. The van der Waals surface area contributed by atoms with Crippen LogP contribution in [0.15, 0.2) is 77.7 Å². The van der Waals surface area contributed by atoms with Crippen LogP contribution in [0.25, 0.3) is 0 Å². The zero-order chi connectivity index (χ0) is 21.9. The Balaban J connectivity index is 1.83. The molecule has 156 valence electrons. The molecule has 0 aliphatic rings. The van der Waals surface area contributed by atoms with E-state index in [0.29, 0.717) is 11.3 Å². The molecule has 6 heteroatoms. The largest absolute Gasteiger partial charge is 0.346 e. The highest BCUT2D eigenvalue weighted by atomic mass is 32.2. The maximum Gasteiger partial charge on any atom is 0.264 e. The number of anilines is 1. The molecule has 0 heterocycles. The van der Waals surface area contributed by atoms with E-state index in [2.05, 4.69) is 11.4 Å². The molecule has 0 aliphatic carbocycles. The zero-order valence-electron chi connectivity index (χ0n) is 17.6. The monoisotopic (exact) mass is 422 g/mol. The van der Waals surface area contributed by atoms with E-state index in [1.165, 1.54) is 23.5 Å². The van der Waals surface area contributed by atoms with Gasteiger partial charge >= 0.3 is 0 Å². The van der Waals surface area contributed by atoms with Crippen LogP contribution in [0.3, 0.4) is 0 Å². The first-order valence-electron chi connectivity index (χ1n) is 9.72. The minimum atomic E-state index is -3.79. The minimum absolute atomic E-state index is 0.0701. The fraction of sp³-hybridized carbons (Fsp3) is 0.208. The molecule has 0 saturated carbocycles. The highest BCUT2D eigenvalue weighted by Gasteiger charge is 2.23. The third-order valence-electron chi connectivity index (χ3n) is 5.11. The van der Waals surface area contributed by atoms with Crippen molar-refractivity contribution in [2.75, 3.05) is 11.4 Å². The molecule has 0 saturated heterocycles. The van der Waals surface area contributed by atoms with E-state index < -0.39 is 10.0 Å². The van der Waals surface area contributed by atoms with E-state index in [1.54, 1.807) is 36.4 Å². The number of hydrogen-bond donors (Lipinski definition) is 1. The van der Waals surface area contributed by atoms with Crippen molar-refractivity contribution in [3.8, 4) is 0 Å². The Morgan fingerprint density at radius 3 is 2.30 bits per heavy atom. The maximum atomic E-state index is 13.0. The van der Waals surface area contributed by atoms with Crippen LogP contribution < -0.4 is 9.62 Å². The van der Waals surface area contributed by atoms with Gasteiger partial charge in [-0.3, -0.25) is 9.10 Å². The van der Waals surface area contributed by atoms with Crippen molar-refractivity contribution in [3.63, 3.8) is 0 Å². The second kappa shape index (κ2) is 8.71. The van der Waals surface area contributed by atoms with Crippen LogP contribution in [0, 0.1) is 13.8 Å². The number of benzene rings is 3. The predicted octanol–water partition coefficient (Wildman–Crippen LogP) is 4.62. The van der Waals surface area contributed by atoms with E-state index >= 15 is 0 Å². The Hall–Kier alpha value is -3.12. The molecule has 0 fully saturated rings. The van der Waals surface area contributed by atoms with Gasteiger partial charge in [0.2, 0.25) is 0 Å². The number of aryl methyl sites for hydroxylation is 2. The number of nitrogens with one attached hydrogen (secondary N) is 1. The van der Waals surface area contributed by atoms with Gasteiger partial charge in [0.25, 0.3) is 15.9 Å². The topological polar surface area (TPSA) is 66.5 Å². The van der Waals surface area contributed by atoms with Crippen molar-refractivity contribution in [1.82, 2.24) is 5.32 Å². The second-order valence-corrected chi connectivity index (χ2v) is 9.36. The summed E-state index contributed by atoms with van der Waals surface area (Å²) in [7, 11) is -2.29. The summed E-state index contributed by atoms with van der Waals surface area (Å²) in [6, 6.07) is 20.8. The Kier molecular flexibility index (Phi) is 6.27. The first-order valence-corrected chi connectivity index (χ1v) is 11.2. The van der Waals surface area contributed by atoms with Crippen molar-refractivity contribution >= 4 is 21.6 Å². The third kappa shape index (κ3) is 4.54. The van der Waals surface area contributed by atoms with Gasteiger partial charge in [-0.05, 0) is 62.2 Å². The van der Waals surface area contributed by atoms with Crippen LogP contribution in [-0.2, 0) is 10.0 Å². The first kappa shape index (κ1) is 21.6. The number of para-hydroxylation sites is 1. The van der Waals surface area contributed by atoms with Gasteiger partial charge in [0.1, 0.15) is 0 Å². The van der Waals surface area contributed by atoms with E-state index in [9.17, 15) is 13.2 Å². The van der Waals surface area contributed by atoms with Crippen molar-refractivity contribution in [1.29, 1.82) is 0 Å². The highest BCUT2D eigenvalue weighted by Crippen LogP contribution is 2.23. The number of nitrogens with zero attached hydrogens (tertiary/aromatic N) is 1. The normalized spacial score (nSPS) is 12.3. The molecule has 5 nitrogen and oxygen atoms in total. The van der Waals surface area contributed by atoms with Crippen LogP contribution in [0.2, 0.25) is 0 Å². The summed E-state index contributed by atoms with van der Waals surface area (Å²) < 4.78 is 27.3. The summed E-state index contributed by atoms with van der Waals surface area (Å²) in [6.07, 6.45) is 0. The van der Waals surface area contributed by atoms with Crippen molar-refractivity contribution in [3.05, 3.63) is 95.1 Å². The fourth-order valence-electron chi connectivity index (χ4n) is 3.40. The molecule has 30 heavy (non-hydrogen) atoms. The summed E-state index contributed by atoms with van der Waals surface area (Å²) in [5.41, 5.74) is 4.14. The van der Waals surface area contributed by atoms with Crippen molar-refractivity contribution in [2.24, 2.45) is 0 Å². The summed E-state index contributed by atoms with van der Waals surface area (Å²) in [5.74, 6) is -0.318. The number of hydrogen-bond acceptors (Lipinski definition) is 3. The standard InChI is InChI=1S/C24H26N2O3S/c1-17-13-14-23(18(2)15-17)19(3)25-24(27)20-9-8-12-22(16-20)30(28,29)26(4)21-10-6-5-7-11-21/h5-16,19H,1-4H3,(H,25,27)/t19-/m1/s1. The average molecular weight is 423 g/mol. The number of carbonyl (C=O) groups is 1. The molecule has 3 rings (SSSR count). The first-order chi connectivity index (χ1) is 14.2. The molecule has 0 radical (unpaired) electrons. The lowest BCUT2D eigenvalue weighted by molar-refractivity contribution is 0.0939. The van der Waals surface area contributed by atoms with Crippen LogP contribution in [0.1, 0.15) is 40.0 Å². The van der Waals surface area contributed by atoms with Crippen LogP contribution >= 0.6 is 0 Å². The summed E-state index contributed by atoms with van der Waals surface area (Å²) >= 11 is 0. The predicted molar refractivity (Wildman–Crippen MR) is 120 cm³/mol. The molecule has 0 unspecified atom stereocenters. The molecule has 3 aromatic carbocycles. The number of sulfonamides is 1. The van der Waals surface area contributed by atoms with Crippen LogP contribution in [-0.4, -0.2) is 21.4 Å². The SMILES string of the molecule is Cc1ccc([C@@H](C)NC(=O)c2cccc(S(=O)(=O)N(C)c3ccccc3)c2)c(C)c1.